The van der Waals surface area contributed by atoms with Gasteiger partial charge in [-0.2, -0.15) is 0 Å². The molecule has 0 aliphatic carbocycles. The molecule has 1 fully saturated rings. The van der Waals surface area contributed by atoms with Crippen LogP contribution in [0.15, 0.2) is 24.3 Å². The van der Waals surface area contributed by atoms with Gasteiger partial charge in [-0.05, 0) is 38.1 Å². The van der Waals surface area contributed by atoms with Crippen molar-refractivity contribution < 1.29 is 4.74 Å². The van der Waals surface area contributed by atoms with Crippen molar-refractivity contribution in [3.8, 4) is 5.75 Å². The maximum Gasteiger partial charge on any atom is 0.119 e. The Morgan fingerprint density at radius 1 is 1.14 bits per heavy atom. The van der Waals surface area contributed by atoms with Crippen LogP contribution in [0.2, 0.25) is 0 Å². The first-order chi connectivity index (χ1) is 10.3. The molecule has 0 amide bonds. The van der Waals surface area contributed by atoms with Gasteiger partial charge in [0, 0.05) is 18.5 Å². The first kappa shape index (κ1) is 16.3. The summed E-state index contributed by atoms with van der Waals surface area (Å²) >= 11 is 0. The maximum absolute atomic E-state index is 5.77. The molecular formula is C17H29N3O. The number of benzene rings is 1. The number of nitrogens with one attached hydrogen (secondary N) is 3. The summed E-state index contributed by atoms with van der Waals surface area (Å²) in [4.78, 5) is 0. The molecule has 1 aromatic rings. The van der Waals surface area contributed by atoms with Crippen LogP contribution < -0.4 is 20.9 Å². The first-order valence-corrected chi connectivity index (χ1v) is 8.14. The molecule has 1 aliphatic heterocycles. The van der Waals surface area contributed by atoms with Crippen molar-refractivity contribution in [1.82, 2.24) is 16.2 Å². The monoisotopic (exact) mass is 291 g/mol. The van der Waals surface area contributed by atoms with Gasteiger partial charge in [0.15, 0.2) is 0 Å². The molecule has 118 valence electrons. The smallest absolute Gasteiger partial charge is 0.119 e. The van der Waals surface area contributed by atoms with E-state index in [4.69, 9.17) is 4.74 Å². The molecule has 1 aliphatic rings. The van der Waals surface area contributed by atoms with Crippen LogP contribution in [-0.4, -0.2) is 26.2 Å². The summed E-state index contributed by atoms with van der Waals surface area (Å²) in [6.07, 6.45) is 3.60. The molecule has 0 radical (unpaired) electrons. The standard InChI is InChI=1S/C17H29N3O/c1-4-5-6-11-21-15-9-7-14(8-10-15)17-16(12-18-3)13(2)19-20-17/h7-10,13,16-20H,4-6,11-12H2,1-3H3. The minimum absolute atomic E-state index is 0.349. The average molecular weight is 291 g/mol. The SMILES string of the molecule is CCCCCOc1ccc(C2NNC(C)C2CNC)cc1. The molecule has 4 heteroatoms. The highest BCUT2D eigenvalue weighted by atomic mass is 16.5. The summed E-state index contributed by atoms with van der Waals surface area (Å²) < 4.78 is 5.77. The van der Waals surface area contributed by atoms with Crippen LogP contribution in [0.5, 0.6) is 5.75 Å². The fraction of sp³-hybridized carbons (Fsp3) is 0.647. The van der Waals surface area contributed by atoms with E-state index in [1.165, 1.54) is 18.4 Å². The Morgan fingerprint density at radius 3 is 2.57 bits per heavy atom. The normalized spacial score (nSPS) is 25.2. The Bertz CT molecular complexity index is 407. The summed E-state index contributed by atoms with van der Waals surface area (Å²) in [5, 5.41) is 3.29. The van der Waals surface area contributed by atoms with Crippen LogP contribution in [0, 0.1) is 5.92 Å². The van der Waals surface area contributed by atoms with E-state index in [1.807, 2.05) is 7.05 Å². The second-order valence-corrected chi connectivity index (χ2v) is 5.90. The molecule has 3 N–H and O–H groups in total. The number of hydrazine groups is 1. The molecule has 1 heterocycles. The molecular weight excluding hydrogens is 262 g/mol. The van der Waals surface area contributed by atoms with Gasteiger partial charge < -0.3 is 10.1 Å². The molecule has 0 saturated carbocycles. The van der Waals surface area contributed by atoms with Crippen LogP contribution in [-0.2, 0) is 0 Å². The van der Waals surface area contributed by atoms with Crippen LogP contribution in [0.4, 0.5) is 0 Å². The third kappa shape index (κ3) is 4.43. The predicted octanol–water partition coefficient (Wildman–Crippen LogP) is 2.63. The number of hydrogen-bond donors (Lipinski definition) is 3. The first-order valence-electron chi connectivity index (χ1n) is 8.14. The van der Waals surface area contributed by atoms with Crippen LogP contribution >= 0.6 is 0 Å². The van der Waals surface area contributed by atoms with Gasteiger partial charge in [0.1, 0.15) is 5.75 Å². The second kappa shape index (κ2) is 8.37. The lowest BCUT2D eigenvalue weighted by atomic mass is 9.90. The molecule has 3 unspecified atom stereocenters. The van der Waals surface area contributed by atoms with Crippen molar-refractivity contribution in [1.29, 1.82) is 0 Å². The summed E-state index contributed by atoms with van der Waals surface area (Å²) in [7, 11) is 2.01. The van der Waals surface area contributed by atoms with Gasteiger partial charge in [-0.25, -0.2) is 5.43 Å². The summed E-state index contributed by atoms with van der Waals surface area (Å²) in [6, 6.07) is 9.34. The molecule has 21 heavy (non-hydrogen) atoms. The number of ether oxygens (including phenoxy) is 1. The van der Waals surface area contributed by atoms with E-state index < -0.39 is 0 Å². The fourth-order valence-electron chi connectivity index (χ4n) is 2.90. The fourth-order valence-corrected chi connectivity index (χ4v) is 2.90. The largest absolute Gasteiger partial charge is 0.494 e. The summed E-state index contributed by atoms with van der Waals surface area (Å²) in [6.45, 7) is 6.25. The van der Waals surface area contributed by atoms with Crippen molar-refractivity contribution in [2.45, 2.75) is 45.2 Å². The van der Waals surface area contributed by atoms with Crippen LogP contribution in [0.1, 0.15) is 44.7 Å². The predicted molar refractivity (Wildman–Crippen MR) is 87.4 cm³/mol. The van der Waals surface area contributed by atoms with Gasteiger partial charge >= 0.3 is 0 Å². The van der Waals surface area contributed by atoms with Crippen molar-refractivity contribution in [2.75, 3.05) is 20.2 Å². The molecule has 2 rings (SSSR count). The molecule has 1 aromatic carbocycles. The average Bonchev–Trinajstić information content (AvgIpc) is 2.86. The highest BCUT2D eigenvalue weighted by molar-refractivity contribution is 5.30. The van der Waals surface area contributed by atoms with E-state index >= 15 is 0 Å². The van der Waals surface area contributed by atoms with Crippen LogP contribution in [0.25, 0.3) is 0 Å². The van der Waals surface area contributed by atoms with Crippen molar-refractivity contribution in [3.63, 3.8) is 0 Å². The molecule has 0 spiro atoms. The zero-order valence-corrected chi connectivity index (χ0v) is 13.5. The Kier molecular flexibility index (Phi) is 6.49. The number of unbranched alkanes of at least 4 members (excludes halogenated alkanes) is 2. The van der Waals surface area contributed by atoms with Gasteiger partial charge in [-0.3, -0.25) is 5.43 Å². The molecule has 3 atom stereocenters. The number of hydrogen-bond acceptors (Lipinski definition) is 4. The summed E-state index contributed by atoms with van der Waals surface area (Å²) in [5.74, 6) is 1.52. The third-order valence-electron chi connectivity index (χ3n) is 4.23. The Labute approximate surface area is 128 Å². The van der Waals surface area contributed by atoms with E-state index in [-0.39, 0.29) is 0 Å². The van der Waals surface area contributed by atoms with Crippen molar-refractivity contribution in [3.05, 3.63) is 29.8 Å². The van der Waals surface area contributed by atoms with E-state index in [0.717, 1.165) is 25.3 Å². The summed E-state index contributed by atoms with van der Waals surface area (Å²) in [5.41, 5.74) is 8.06. The van der Waals surface area contributed by atoms with Crippen molar-refractivity contribution in [2.24, 2.45) is 5.92 Å². The number of rotatable bonds is 8. The highest BCUT2D eigenvalue weighted by Gasteiger charge is 2.33. The third-order valence-corrected chi connectivity index (χ3v) is 4.23. The van der Waals surface area contributed by atoms with Gasteiger partial charge in [0.2, 0.25) is 0 Å². The lowest BCUT2D eigenvalue weighted by Crippen LogP contribution is -2.31. The van der Waals surface area contributed by atoms with E-state index in [9.17, 15) is 0 Å². The minimum atomic E-state index is 0.349. The zero-order valence-electron chi connectivity index (χ0n) is 13.5. The molecule has 0 bridgehead atoms. The Hall–Kier alpha value is -1.10. The second-order valence-electron chi connectivity index (χ2n) is 5.90. The van der Waals surface area contributed by atoms with Gasteiger partial charge in [-0.1, -0.05) is 31.9 Å². The topological polar surface area (TPSA) is 45.3 Å². The minimum Gasteiger partial charge on any atom is -0.494 e. The van der Waals surface area contributed by atoms with Gasteiger partial charge in [-0.15, -0.1) is 0 Å². The lowest BCUT2D eigenvalue weighted by molar-refractivity contribution is 0.306. The molecule has 0 aromatic heterocycles. The quantitative estimate of drug-likeness (QED) is 0.644. The van der Waals surface area contributed by atoms with E-state index in [2.05, 4.69) is 54.3 Å². The van der Waals surface area contributed by atoms with Crippen molar-refractivity contribution >= 4 is 0 Å². The maximum atomic E-state index is 5.77. The Morgan fingerprint density at radius 2 is 1.90 bits per heavy atom. The van der Waals surface area contributed by atoms with Crippen LogP contribution in [0.3, 0.4) is 0 Å². The van der Waals surface area contributed by atoms with Gasteiger partial charge in [0.25, 0.3) is 0 Å². The Balaban J connectivity index is 1.92. The lowest BCUT2D eigenvalue weighted by Gasteiger charge is -2.21. The van der Waals surface area contributed by atoms with Gasteiger partial charge in [0.05, 0.1) is 12.6 Å². The van der Waals surface area contributed by atoms with E-state index in [0.29, 0.717) is 18.0 Å². The van der Waals surface area contributed by atoms with E-state index in [1.54, 1.807) is 0 Å². The highest BCUT2D eigenvalue weighted by Crippen LogP contribution is 2.29. The molecule has 4 nitrogen and oxygen atoms in total. The zero-order chi connectivity index (χ0) is 15.1. The molecule has 1 saturated heterocycles.